The average molecular weight is 1120 g/mol. The number of amides is 8. The van der Waals surface area contributed by atoms with Gasteiger partial charge in [-0.1, -0.05) is 80.4 Å². The van der Waals surface area contributed by atoms with E-state index in [2.05, 4.69) is 38.8 Å². The molecule has 3 aliphatic heterocycles. The molecule has 3 aliphatic rings. The first kappa shape index (κ1) is 60.6. The van der Waals surface area contributed by atoms with Gasteiger partial charge in [0.05, 0.1) is 38.1 Å². The van der Waals surface area contributed by atoms with Gasteiger partial charge in [-0.2, -0.15) is 0 Å². The Labute approximate surface area is 470 Å². The molecule has 0 spiro atoms. The van der Waals surface area contributed by atoms with E-state index < -0.39 is 115 Å². The van der Waals surface area contributed by atoms with Crippen LogP contribution in [-0.2, 0) is 39.9 Å². The molecule has 4 aromatic carbocycles. The summed E-state index contributed by atoms with van der Waals surface area (Å²) >= 11 is 0. The van der Waals surface area contributed by atoms with Crippen LogP contribution in [-0.4, -0.2) is 172 Å². The second-order valence-electron chi connectivity index (χ2n) is 20.9. The van der Waals surface area contributed by atoms with Crippen LogP contribution in [0, 0.1) is 0 Å². The van der Waals surface area contributed by atoms with Gasteiger partial charge in [-0.05, 0) is 117 Å². The van der Waals surface area contributed by atoms with Crippen LogP contribution in [0.4, 0.5) is 4.79 Å². The average Bonchev–Trinajstić information content (AvgIpc) is 4.13. The number of unbranched alkanes of at least 4 members (excludes halogenated alkanes) is 2. The SMILES string of the molecule is CCCCCOc1ccc(-c2ccc(-c3ccc(C(=O)N[C@H]4CCCNC(=O)C5C[C@H](NC(=O)OC)CN5C(=O)C(C(C)O)NC(=O)C(CCc5ccc(O)cc5)NC(=O)C5C[C@@H](O)CN5C(=O)C(C(C)O)NC4=O)cc3)cc2)cc1. The lowest BCUT2D eigenvalue weighted by atomic mass is 9.99. The van der Waals surface area contributed by atoms with Crippen molar-refractivity contribution in [2.45, 2.75) is 139 Å². The van der Waals surface area contributed by atoms with Crippen LogP contribution in [0.2, 0.25) is 0 Å². The fourth-order valence-corrected chi connectivity index (χ4v) is 10.2. The molecule has 0 saturated carbocycles. The van der Waals surface area contributed by atoms with Crippen molar-refractivity contribution in [2.24, 2.45) is 0 Å². The van der Waals surface area contributed by atoms with E-state index in [0.717, 1.165) is 64.2 Å². The molecule has 3 heterocycles. The number of carbonyl (C=O) groups is 8. The molecule has 10 atom stereocenters. The molecule has 7 unspecified atom stereocenters. The minimum Gasteiger partial charge on any atom is -0.508 e. The largest absolute Gasteiger partial charge is 0.508 e. The third-order valence-electron chi connectivity index (χ3n) is 14.8. The van der Waals surface area contributed by atoms with Crippen LogP contribution in [0.15, 0.2) is 97.1 Å². The molecule has 0 aliphatic carbocycles. The molecule has 8 amide bonds. The van der Waals surface area contributed by atoms with Crippen molar-refractivity contribution < 1.29 is 68.3 Å². The molecule has 4 aromatic rings. The fraction of sp³-hybridized carbons (Fsp3) is 0.458. The van der Waals surface area contributed by atoms with Crippen LogP contribution < -0.4 is 36.6 Å². The number of alkyl carbamates (subject to hydrolysis) is 1. The molecule has 3 saturated heterocycles. The van der Waals surface area contributed by atoms with E-state index in [-0.39, 0.29) is 62.9 Å². The van der Waals surface area contributed by atoms with Gasteiger partial charge < -0.3 is 71.6 Å². The van der Waals surface area contributed by atoms with Crippen molar-refractivity contribution >= 4 is 47.4 Å². The van der Waals surface area contributed by atoms with Crippen molar-refractivity contribution in [2.75, 3.05) is 33.4 Å². The molecule has 7 rings (SSSR count). The van der Waals surface area contributed by atoms with Crippen molar-refractivity contribution in [1.82, 2.24) is 41.7 Å². The molecule has 22 nitrogen and oxygen atoms in total. The Kier molecular flexibility index (Phi) is 21.2. The predicted octanol–water partition coefficient (Wildman–Crippen LogP) is 2.44. The molecule has 0 bridgehead atoms. The number of hydrogen-bond acceptors (Lipinski definition) is 14. The number of benzene rings is 4. The van der Waals surface area contributed by atoms with Crippen LogP contribution in [0.5, 0.6) is 11.5 Å². The summed E-state index contributed by atoms with van der Waals surface area (Å²) in [6.45, 7) is 4.56. The number of hydrogen-bond donors (Lipinski definition) is 10. The molecular formula is C59H74N8O14. The van der Waals surface area contributed by atoms with Gasteiger partial charge in [0.2, 0.25) is 35.4 Å². The number of ether oxygens (including phenoxy) is 2. The van der Waals surface area contributed by atoms with Crippen LogP contribution in [0.25, 0.3) is 22.3 Å². The normalized spacial score (nSPS) is 24.0. The minimum absolute atomic E-state index is 0.0160. The molecule has 0 radical (unpaired) electrons. The quantitative estimate of drug-likeness (QED) is 0.0766. The molecule has 10 N–H and O–H groups in total. The Hall–Kier alpha value is -8.08. The number of aryl methyl sites for hydroxylation is 1. The van der Waals surface area contributed by atoms with Crippen molar-refractivity contribution in [3.8, 4) is 33.8 Å². The van der Waals surface area contributed by atoms with Gasteiger partial charge in [0, 0.05) is 31.6 Å². The highest BCUT2D eigenvalue weighted by Gasteiger charge is 2.46. The van der Waals surface area contributed by atoms with Crippen LogP contribution in [0.1, 0.15) is 88.1 Å². The lowest BCUT2D eigenvalue weighted by Gasteiger charge is -2.32. The second-order valence-corrected chi connectivity index (χ2v) is 20.9. The number of nitrogens with one attached hydrogen (secondary N) is 6. The van der Waals surface area contributed by atoms with Gasteiger partial charge in [0.15, 0.2) is 0 Å². The maximum absolute atomic E-state index is 14.5. The van der Waals surface area contributed by atoms with Gasteiger partial charge in [-0.25, -0.2) is 4.79 Å². The van der Waals surface area contributed by atoms with Gasteiger partial charge >= 0.3 is 6.09 Å². The number of methoxy groups -OCH3 is 1. The number of phenols is 1. The molecular weight excluding hydrogens is 1040 g/mol. The van der Waals surface area contributed by atoms with Gasteiger partial charge in [0.25, 0.3) is 5.91 Å². The standard InChI is InChI=1S/C59H74N8O14/c1-5-6-7-29-81-45-25-21-40(22-26-45)38-15-13-37(14-16-38)39-17-19-41(20-18-39)52(72)62-46-9-8-28-60-55(75)48-30-42(61-59(79)80-4)32-66(48)57(77)50(34(2)68)65-54(74)47(27-12-36-10-23-43(70)24-11-36)63-56(76)49-31-44(71)33-67(49)58(78)51(35(3)69)64-53(46)73/h10-11,13-26,34-35,42,44,46-51,68-71H,5-9,12,27-33H2,1-4H3,(H,60,75)(H,61,79)(H,62,72)(H,63,76)(H,64,73)(H,65,74)/t34?,35?,42-,44+,46-,47?,48?,49?,50?,51?/m0/s1. The number of phenolic OH excluding ortho intramolecular Hbond substituents is 1. The first-order valence-electron chi connectivity index (χ1n) is 27.5. The first-order valence-corrected chi connectivity index (χ1v) is 27.5. The third kappa shape index (κ3) is 16.1. The number of fused-ring (bicyclic) bond motifs is 2. The molecule has 81 heavy (non-hydrogen) atoms. The smallest absolute Gasteiger partial charge is 0.407 e. The van der Waals surface area contributed by atoms with E-state index in [1.54, 1.807) is 36.4 Å². The van der Waals surface area contributed by atoms with E-state index in [0.29, 0.717) is 12.2 Å². The zero-order valence-electron chi connectivity index (χ0n) is 46.0. The lowest BCUT2D eigenvalue weighted by Crippen LogP contribution is -2.61. The number of carbonyl (C=O) groups excluding carboxylic acids is 8. The van der Waals surface area contributed by atoms with E-state index in [1.807, 2.05) is 48.5 Å². The summed E-state index contributed by atoms with van der Waals surface area (Å²) in [6, 6.07) is 18.9. The first-order chi connectivity index (χ1) is 38.8. The number of aromatic hydroxyl groups is 1. The Balaban J connectivity index is 1.14. The molecule has 22 heteroatoms. The lowest BCUT2D eigenvalue weighted by molar-refractivity contribution is -0.145. The predicted molar refractivity (Wildman–Crippen MR) is 297 cm³/mol. The number of aliphatic hydroxyl groups excluding tert-OH is 3. The highest BCUT2D eigenvalue weighted by molar-refractivity contribution is 6.00. The summed E-state index contributed by atoms with van der Waals surface area (Å²) in [6.07, 6.45) is -2.48. The van der Waals surface area contributed by atoms with E-state index in [4.69, 9.17) is 9.47 Å². The highest BCUT2D eigenvalue weighted by Crippen LogP contribution is 2.28. The van der Waals surface area contributed by atoms with E-state index >= 15 is 0 Å². The Bertz CT molecular complexity index is 2830. The molecule has 434 valence electrons. The summed E-state index contributed by atoms with van der Waals surface area (Å²) in [7, 11) is 1.14. The van der Waals surface area contributed by atoms with Crippen molar-refractivity contribution in [1.29, 1.82) is 0 Å². The third-order valence-corrected chi connectivity index (χ3v) is 14.8. The van der Waals surface area contributed by atoms with E-state index in [1.165, 1.54) is 26.0 Å². The van der Waals surface area contributed by atoms with Crippen LogP contribution in [0.3, 0.4) is 0 Å². The van der Waals surface area contributed by atoms with Crippen molar-refractivity contribution in [3.63, 3.8) is 0 Å². The van der Waals surface area contributed by atoms with Crippen LogP contribution >= 0.6 is 0 Å². The second kappa shape index (κ2) is 28.4. The summed E-state index contributed by atoms with van der Waals surface area (Å²) in [5.74, 6) is -5.13. The molecule has 3 fully saturated rings. The van der Waals surface area contributed by atoms with Gasteiger partial charge in [-0.3, -0.25) is 33.6 Å². The fourth-order valence-electron chi connectivity index (χ4n) is 10.2. The zero-order valence-corrected chi connectivity index (χ0v) is 46.0. The Morgan fingerprint density at radius 1 is 0.679 bits per heavy atom. The Morgan fingerprint density at radius 3 is 1.81 bits per heavy atom. The number of rotatable bonds is 15. The Morgan fingerprint density at radius 2 is 1.23 bits per heavy atom. The minimum atomic E-state index is -1.71. The van der Waals surface area contributed by atoms with Gasteiger partial charge in [-0.15, -0.1) is 0 Å². The number of nitrogens with zero attached hydrogens (tertiary/aromatic N) is 2. The number of aliphatic hydroxyl groups is 3. The summed E-state index contributed by atoms with van der Waals surface area (Å²) < 4.78 is 10.6. The summed E-state index contributed by atoms with van der Waals surface area (Å²) in [4.78, 5) is 115. The van der Waals surface area contributed by atoms with Crippen molar-refractivity contribution in [3.05, 3.63) is 108 Å². The zero-order chi connectivity index (χ0) is 58.3. The van der Waals surface area contributed by atoms with Gasteiger partial charge in [0.1, 0.15) is 47.8 Å². The highest BCUT2D eigenvalue weighted by atomic mass is 16.5. The monoisotopic (exact) mass is 1120 g/mol. The maximum Gasteiger partial charge on any atom is 0.407 e. The molecule has 0 aromatic heterocycles. The topological polar surface area (TPSA) is 315 Å². The maximum atomic E-state index is 14.5. The summed E-state index contributed by atoms with van der Waals surface area (Å²) in [5, 5.41) is 58.8. The summed E-state index contributed by atoms with van der Waals surface area (Å²) in [5.41, 5.74) is 4.53. The van der Waals surface area contributed by atoms with E-state index in [9.17, 15) is 58.8 Å².